The van der Waals surface area contributed by atoms with E-state index in [-0.39, 0.29) is 11.1 Å². The topological polar surface area (TPSA) is 192 Å². The maximum Gasteiger partial charge on any atom is 0.534 e. The molecule has 0 aromatic heterocycles. The maximum atomic E-state index is 13.2. The van der Waals surface area contributed by atoms with Crippen LogP contribution in [-0.2, 0) is 39.2 Å². The highest BCUT2D eigenvalue weighted by Crippen LogP contribution is 2.36. The molecule has 0 aliphatic rings. The molecule has 0 heterocycles. The molecule has 5 aromatic carbocycles. The van der Waals surface area contributed by atoms with Gasteiger partial charge < -0.3 is 27.3 Å². The molecule has 0 fully saturated rings. The summed E-state index contributed by atoms with van der Waals surface area (Å²) in [7, 11) is -9.46. The third-order valence-corrected chi connectivity index (χ3v) is 10.2. The summed E-state index contributed by atoms with van der Waals surface area (Å²) in [5.41, 5.74) is -15.3. The molecule has 322 valence electrons. The number of halogens is 6. The van der Waals surface area contributed by atoms with Crippen LogP contribution in [0.25, 0.3) is 21.5 Å². The van der Waals surface area contributed by atoms with Gasteiger partial charge in [-0.25, -0.2) is 19.2 Å². The Balaban J connectivity index is 1.67. The van der Waals surface area contributed by atoms with E-state index in [2.05, 4.69) is 51.0 Å². The molecule has 5 aromatic rings. The summed E-state index contributed by atoms with van der Waals surface area (Å²) in [5, 5.41) is 2.20. The predicted octanol–water partition coefficient (Wildman–Crippen LogP) is 6.40. The van der Waals surface area contributed by atoms with Crippen LogP contribution in [0.1, 0.15) is 63.7 Å². The number of ether oxygens (including phenoxy) is 4. The molecule has 0 unspecified atom stereocenters. The predicted molar refractivity (Wildman–Crippen MR) is 203 cm³/mol. The van der Waals surface area contributed by atoms with Gasteiger partial charge in [0, 0.05) is 22.3 Å². The lowest BCUT2D eigenvalue weighted by Crippen LogP contribution is -2.29. The van der Waals surface area contributed by atoms with E-state index in [0.29, 0.717) is 32.7 Å². The molecule has 0 radical (unpaired) electrons. The number of rotatable bonds is 8. The minimum absolute atomic E-state index is 0.197. The first-order valence-electron chi connectivity index (χ1n) is 16.7. The van der Waals surface area contributed by atoms with Gasteiger partial charge in [0.15, 0.2) is 11.5 Å². The summed E-state index contributed by atoms with van der Waals surface area (Å²) in [4.78, 5) is 50.6. The zero-order valence-corrected chi connectivity index (χ0v) is 33.4. The van der Waals surface area contributed by atoms with Gasteiger partial charge in [-0.2, -0.15) is 43.2 Å². The molecule has 22 heteroatoms. The van der Waals surface area contributed by atoms with E-state index in [1.807, 2.05) is 0 Å². The molecule has 0 spiro atoms. The van der Waals surface area contributed by atoms with E-state index in [1.54, 1.807) is 48.5 Å². The minimum Gasteiger partial charge on any atom is -0.465 e. The quantitative estimate of drug-likeness (QED) is 0.0316. The number of carbonyl (C=O) groups is 4. The van der Waals surface area contributed by atoms with Crippen molar-refractivity contribution in [3.8, 4) is 35.2 Å². The molecule has 5 rings (SSSR count). The van der Waals surface area contributed by atoms with Crippen molar-refractivity contribution >= 4 is 65.7 Å². The normalized spacial score (nSPS) is 11.6. The standard InChI is InChI=1S/C40H24F6O14S2/c1-55-35(47)29-15-21(16-30(36(48)56-2)33(29)59-61(51,52)39(41,42)43)11-13-23-7-5-9-25-19-26-10-6-8-24(28(26)20-27(23)25)14-12-22-17-31(37(49)57-3)34(32(18-22)38(50)58-4)60-62(53,54)40(44,45)46/h5-10,15-20H,1-4H3. The second-order valence-corrected chi connectivity index (χ2v) is 15.2. The molecule has 0 atom stereocenters. The van der Waals surface area contributed by atoms with E-state index < -0.39 is 88.9 Å². The van der Waals surface area contributed by atoms with E-state index >= 15 is 0 Å². The van der Waals surface area contributed by atoms with Gasteiger partial charge in [-0.1, -0.05) is 47.9 Å². The van der Waals surface area contributed by atoms with E-state index in [0.717, 1.165) is 52.7 Å². The van der Waals surface area contributed by atoms with Gasteiger partial charge in [0.2, 0.25) is 0 Å². The van der Waals surface area contributed by atoms with Crippen LogP contribution in [0.15, 0.2) is 72.8 Å². The van der Waals surface area contributed by atoms with Crippen molar-refractivity contribution in [1.29, 1.82) is 0 Å². The van der Waals surface area contributed by atoms with Crippen molar-refractivity contribution in [2.75, 3.05) is 28.4 Å². The van der Waals surface area contributed by atoms with Crippen LogP contribution in [-0.4, -0.2) is 80.2 Å². The van der Waals surface area contributed by atoms with Crippen LogP contribution >= 0.6 is 0 Å². The molecule has 14 nitrogen and oxygen atoms in total. The summed E-state index contributed by atoms with van der Waals surface area (Å²) in [6.07, 6.45) is 0. The van der Waals surface area contributed by atoms with Crippen molar-refractivity contribution in [3.05, 3.63) is 117 Å². The Bertz CT molecular complexity index is 2790. The van der Waals surface area contributed by atoms with Crippen LogP contribution in [0, 0.1) is 23.7 Å². The first-order chi connectivity index (χ1) is 29.0. The molecular formula is C40H24F6O14S2. The highest BCUT2D eigenvalue weighted by molar-refractivity contribution is 7.88. The first-order valence-corrected chi connectivity index (χ1v) is 19.5. The van der Waals surface area contributed by atoms with E-state index in [9.17, 15) is 62.4 Å². The third kappa shape index (κ3) is 9.36. The SMILES string of the molecule is COC(=O)c1cc(C#Cc2cccc3cc4cccc(C#Cc5cc(C(=O)OC)c(OS(=O)(=O)C(F)(F)F)c(C(=O)OC)c5)c4cc23)cc(C(=O)OC)c1OS(=O)(=O)C(F)(F)F. The van der Waals surface area contributed by atoms with Crippen molar-refractivity contribution in [1.82, 2.24) is 0 Å². The number of methoxy groups -OCH3 is 4. The van der Waals surface area contributed by atoms with Gasteiger partial charge in [0.25, 0.3) is 0 Å². The monoisotopic (exact) mass is 906 g/mol. The Hall–Kier alpha value is -7.30. The Kier molecular flexibility index (Phi) is 12.8. The number of carbonyl (C=O) groups excluding carboxylic acids is 4. The lowest BCUT2D eigenvalue weighted by molar-refractivity contribution is -0.0505. The Morgan fingerprint density at radius 1 is 0.468 bits per heavy atom. The van der Waals surface area contributed by atoms with Crippen LogP contribution in [0.5, 0.6) is 11.5 Å². The number of fused-ring (bicyclic) bond motifs is 2. The maximum absolute atomic E-state index is 13.2. The first kappa shape index (κ1) is 45.8. The molecule has 0 bridgehead atoms. The number of hydrogen-bond acceptors (Lipinski definition) is 14. The van der Waals surface area contributed by atoms with Crippen molar-refractivity contribution in [3.63, 3.8) is 0 Å². The summed E-state index contributed by atoms with van der Waals surface area (Å²) < 4.78 is 154. The molecule has 0 saturated carbocycles. The lowest BCUT2D eigenvalue weighted by Gasteiger charge is -2.15. The van der Waals surface area contributed by atoms with E-state index in [1.165, 1.54) is 0 Å². The van der Waals surface area contributed by atoms with Crippen LogP contribution in [0.3, 0.4) is 0 Å². The van der Waals surface area contributed by atoms with Crippen molar-refractivity contribution in [2.24, 2.45) is 0 Å². The Morgan fingerprint density at radius 3 is 1.05 bits per heavy atom. The van der Waals surface area contributed by atoms with E-state index in [4.69, 9.17) is 0 Å². The molecule has 0 N–H and O–H groups in total. The number of esters is 4. The van der Waals surface area contributed by atoms with Crippen LogP contribution in [0.2, 0.25) is 0 Å². The number of benzene rings is 5. The van der Waals surface area contributed by atoms with Gasteiger partial charge in [-0.05, 0) is 70.1 Å². The summed E-state index contributed by atoms with van der Waals surface area (Å²) in [6, 6.07) is 16.6. The fraction of sp³-hybridized carbons (Fsp3) is 0.150. The summed E-state index contributed by atoms with van der Waals surface area (Å²) >= 11 is 0. The average Bonchev–Trinajstić information content (AvgIpc) is 3.22. The van der Waals surface area contributed by atoms with Crippen LogP contribution in [0.4, 0.5) is 26.3 Å². The van der Waals surface area contributed by atoms with Gasteiger partial charge in [0.1, 0.15) is 22.3 Å². The number of hydrogen-bond donors (Lipinski definition) is 0. The van der Waals surface area contributed by atoms with Crippen LogP contribution < -0.4 is 8.37 Å². The van der Waals surface area contributed by atoms with Gasteiger partial charge in [-0.15, -0.1) is 0 Å². The van der Waals surface area contributed by atoms with Gasteiger partial charge in [-0.3, -0.25) is 0 Å². The highest BCUT2D eigenvalue weighted by atomic mass is 32.2. The van der Waals surface area contributed by atoms with Gasteiger partial charge in [0.05, 0.1) is 28.4 Å². The van der Waals surface area contributed by atoms with Crippen molar-refractivity contribution < 1.29 is 89.7 Å². The van der Waals surface area contributed by atoms with Gasteiger partial charge >= 0.3 is 55.1 Å². The molecule has 0 saturated heterocycles. The molecular weight excluding hydrogens is 883 g/mol. The molecule has 62 heavy (non-hydrogen) atoms. The fourth-order valence-electron chi connectivity index (χ4n) is 5.49. The fourth-order valence-corrected chi connectivity index (χ4v) is 6.48. The summed E-state index contributed by atoms with van der Waals surface area (Å²) in [5.74, 6) is 2.84. The Morgan fingerprint density at radius 2 is 0.774 bits per heavy atom. The third-order valence-electron chi connectivity index (χ3n) is 8.31. The lowest BCUT2D eigenvalue weighted by atomic mass is 9.96. The second-order valence-electron chi connectivity index (χ2n) is 12.1. The molecule has 0 aliphatic carbocycles. The average molecular weight is 907 g/mol. The minimum atomic E-state index is -6.40. The summed E-state index contributed by atoms with van der Waals surface area (Å²) in [6.45, 7) is 0. The second kappa shape index (κ2) is 17.4. The smallest absolute Gasteiger partial charge is 0.465 e. The molecule has 0 aliphatic heterocycles. The van der Waals surface area contributed by atoms with Crippen molar-refractivity contribution in [2.45, 2.75) is 11.0 Å². The zero-order valence-electron chi connectivity index (χ0n) is 31.7. The number of alkyl halides is 6. The zero-order chi connectivity index (χ0) is 45.9. The largest absolute Gasteiger partial charge is 0.534 e. The molecule has 0 amide bonds. The Labute approximate surface area is 346 Å². The highest BCUT2D eigenvalue weighted by Gasteiger charge is 2.50.